The Labute approximate surface area is 98.6 Å². The van der Waals surface area contributed by atoms with Crippen LogP contribution in [0.3, 0.4) is 0 Å². The van der Waals surface area contributed by atoms with Gasteiger partial charge in [0.25, 0.3) is 0 Å². The maximum atomic E-state index is 10.9. The van der Waals surface area contributed by atoms with Crippen LogP contribution in [-0.4, -0.2) is 29.0 Å². The van der Waals surface area contributed by atoms with E-state index >= 15 is 0 Å². The van der Waals surface area contributed by atoms with Crippen molar-refractivity contribution >= 4 is 11.5 Å². The number of pyridine rings is 1. The van der Waals surface area contributed by atoms with Crippen LogP contribution in [0.4, 0.5) is 11.5 Å². The molecule has 0 spiro atoms. The number of rotatable bonds is 3. The first-order chi connectivity index (χ1) is 8.16. The van der Waals surface area contributed by atoms with Crippen molar-refractivity contribution in [3.63, 3.8) is 0 Å². The minimum atomic E-state index is -0.376. The van der Waals surface area contributed by atoms with E-state index in [-0.39, 0.29) is 10.6 Å². The summed E-state index contributed by atoms with van der Waals surface area (Å²) in [6.07, 6.45) is 1.66. The van der Waals surface area contributed by atoms with Crippen molar-refractivity contribution in [2.45, 2.75) is 13.0 Å². The number of aromatic nitrogens is 1. The Bertz CT molecular complexity index is 467. The van der Waals surface area contributed by atoms with Gasteiger partial charge in [-0.3, -0.25) is 10.1 Å². The lowest BCUT2D eigenvalue weighted by molar-refractivity contribution is -0.384. The molecule has 90 valence electrons. The summed E-state index contributed by atoms with van der Waals surface area (Å²) in [5.41, 5.74) is 0.878. The van der Waals surface area contributed by atoms with Gasteiger partial charge in [0.2, 0.25) is 5.82 Å². The largest absolute Gasteiger partial charge is 0.361 e. The van der Waals surface area contributed by atoms with Crippen LogP contribution in [0.2, 0.25) is 0 Å². The van der Waals surface area contributed by atoms with Gasteiger partial charge in [0.1, 0.15) is 0 Å². The maximum absolute atomic E-state index is 10.9. The first-order valence-electron chi connectivity index (χ1n) is 5.75. The molecular formula is C11H14N4O2. The fourth-order valence-electron chi connectivity index (χ4n) is 2.59. The molecule has 6 nitrogen and oxygen atoms in total. The van der Waals surface area contributed by atoms with Gasteiger partial charge in [-0.25, -0.2) is 4.98 Å². The van der Waals surface area contributed by atoms with E-state index in [2.05, 4.69) is 15.6 Å². The van der Waals surface area contributed by atoms with Crippen molar-refractivity contribution in [1.29, 1.82) is 0 Å². The number of aryl methyl sites for hydroxylation is 1. The van der Waals surface area contributed by atoms with Gasteiger partial charge >= 0.3 is 5.69 Å². The Morgan fingerprint density at radius 3 is 2.88 bits per heavy atom. The lowest BCUT2D eigenvalue weighted by Gasteiger charge is -2.08. The van der Waals surface area contributed by atoms with E-state index in [4.69, 9.17) is 0 Å². The zero-order valence-corrected chi connectivity index (χ0v) is 9.51. The third-order valence-corrected chi connectivity index (χ3v) is 3.60. The molecule has 0 bridgehead atoms. The highest BCUT2D eigenvalue weighted by molar-refractivity contribution is 5.58. The number of hydrogen-bond acceptors (Lipinski definition) is 5. The molecule has 2 N–H and O–H groups in total. The molecule has 1 saturated carbocycles. The number of hydrogen-bond donors (Lipinski definition) is 2. The molecule has 2 fully saturated rings. The second-order valence-corrected chi connectivity index (χ2v) is 4.79. The third-order valence-electron chi connectivity index (χ3n) is 3.60. The van der Waals surface area contributed by atoms with E-state index in [1.807, 2.05) is 0 Å². The molecule has 0 aromatic carbocycles. The van der Waals surface area contributed by atoms with Crippen molar-refractivity contribution in [2.24, 2.45) is 11.8 Å². The van der Waals surface area contributed by atoms with Crippen LogP contribution in [0.25, 0.3) is 0 Å². The SMILES string of the molecule is Cc1cnc(NC2C3CNCC32)c([N+](=O)[O-])c1. The Balaban J connectivity index is 1.81. The van der Waals surface area contributed by atoms with Crippen LogP contribution in [0, 0.1) is 28.9 Å². The molecule has 1 aromatic rings. The molecular weight excluding hydrogens is 220 g/mol. The first-order valence-corrected chi connectivity index (χ1v) is 5.75. The zero-order chi connectivity index (χ0) is 12.0. The van der Waals surface area contributed by atoms with Gasteiger partial charge in [0.05, 0.1) is 4.92 Å². The molecule has 0 amide bonds. The predicted octanol–water partition coefficient (Wildman–Crippen LogP) is 0.928. The number of nitro groups is 1. The van der Waals surface area contributed by atoms with Crippen LogP contribution in [-0.2, 0) is 0 Å². The average Bonchev–Trinajstić information content (AvgIpc) is 2.75. The molecule has 2 unspecified atom stereocenters. The molecule has 0 radical (unpaired) electrons. The van der Waals surface area contributed by atoms with Gasteiger partial charge in [-0.15, -0.1) is 0 Å². The van der Waals surface area contributed by atoms with Crippen molar-refractivity contribution in [3.8, 4) is 0 Å². The van der Waals surface area contributed by atoms with E-state index in [1.54, 1.807) is 19.2 Å². The second-order valence-electron chi connectivity index (χ2n) is 4.79. The van der Waals surface area contributed by atoms with Crippen LogP contribution in [0.15, 0.2) is 12.3 Å². The van der Waals surface area contributed by atoms with Gasteiger partial charge in [0, 0.05) is 31.4 Å². The Hall–Kier alpha value is -1.69. The van der Waals surface area contributed by atoms with Gasteiger partial charge in [-0.1, -0.05) is 0 Å². The van der Waals surface area contributed by atoms with E-state index in [9.17, 15) is 10.1 Å². The van der Waals surface area contributed by atoms with E-state index in [1.165, 1.54) is 0 Å². The summed E-state index contributed by atoms with van der Waals surface area (Å²) in [5.74, 6) is 1.62. The van der Waals surface area contributed by atoms with Crippen LogP contribution < -0.4 is 10.6 Å². The standard InChI is InChI=1S/C11H14N4O2/c1-6-2-9(15(16)17)11(13-3-6)14-10-7-4-12-5-8(7)10/h2-3,7-8,10,12H,4-5H2,1H3,(H,13,14). The van der Waals surface area contributed by atoms with Crippen LogP contribution in [0.5, 0.6) is 0 Å². The molecule has 17 heavy (non-hydrogen) atoms. The molecule has 6 heteroatoms. The highest BCUT2D eigenvalue weighted by Gasteiger charge is 2.53. The van der Waals surface area contributed by atoms with Gasteiger partial charge in [-0.2, -0.15) is 0 Å². The summed E-state index contributed by atoms with van der Waals surface area (Å²) < 4.78 is 0. The van der Waals surface area contributed by atoms with Gasteiger partial charge < -0.3 is 10.6 Å². The molecule has 2 atom stereocenters. The summed E-state index contributed by atoms with van der Waals surface area (Å²) in [6.45, 7) is 3.81. The highest BCUT2D eigenvalue weighted by atomic mass is 16.6. The quantitative estimate of drug-likeness (QED) is 0.600. The molecule has 1 aliphatic heterocycles. The fraction of sp³-hybridized carbons (Fsp3) is 0.545. The highest BCUT2D eigenvalue weighted by Crippen LogP contribution is 2.44. The number of fused-ring (bicyclic) bond motifs is 1. The minimum Gasteiger partial charge on any atom is -0.361 e. The van der Waals surface area contributed by atoms with Crippen molar-refractivity contribution in [3.05, 3.63) is 27.9 Å². The minimum absolute atomic E-state index is 0.0722. The number of anilines is 1. The predicted molar refractivity (Wildman–Crippen MR) is 62.9 cm³/mol. The molecule has 1 saturated heterocycles. The van der Waals surface area contributed by atoms with Crippen LogP contribution >= 0.6 is 0 Å². The summed E-state index contributed by atoms with van der Waals surface area (Å²) in [6, 6.07) is 1.91. The second kappa shape index (κ2) is 3.66. The summed E-state index contributed by atoms with van der Waals surface area (Å²) in [7, 11) is 0. The smallest absolute Gasteiger partial charge is 0.311 e. The Morgan fingerprint density at radius 2 is 2.24 bits per heavy atom. The van der Waals surface area contributed by atoms with E-state index in [0.717, 1.165) is 18.7 Å². The summed E-state index contributed by atoms with van der Waals surface area (Å²) in [5, 5.41) is 17.4. The lowest BCUT2D eigenvalue weighted by Crippen LogP contribution is -2.22. The van der Waals surface area contributed by atoms with Gasteiger partial charge in [-0.05, 0) is 24.3 Å². The third kappa shape index (κ3) is 1.74. The molecule has 2 heterocycles. The topological polar surface area (TPSA) is 80.1 Å². The number of nitrogens with one attached hydrogen (secondary N) is 2. The van der Waals surface area contributed by atoms with Gasteiger partial charge in [0.15, 0.2) is 0 Å². The summed E-state index contributed by atoms with van der Waals surface area (Å²) in [4.78, 5) is 14.7. The van der Waals surface area contributed by atoms with E-state index < -0.39 is 0 Å². The Morgan fingerprint density at radius 1 is 1.53 bits per heavy atom. The molecule has 1 aliphatic carbocycles. The average molecular weight is 234 g/mol. The fourth-order valence-corrected chi connectivity index (χ4v) is 2.59. The maximum Gasteiger partial charge on any atom is 0.311 e. The first kappa shape index (κ1) is 10.5. The summed E-state index contributed by atoms with van der Waals surface area (Å²) >= 11 is 0. The van der Waals surface area contributed by atoms with E-state index in [0.29, 0.717) is 23.7 Å². The van der Waals surface area contributed by atoms with Crippen molar-refractivity contribution < 1.29 is 4.92 Å². The Kier molecular flexibility index (Phi) is 2.25. The molecule has 1 aromatic heterocycles. The molecule has 3 rings (SSSR count). The normalized spacial score (nSPS) is 29.8. The number of nitrogens with zero attached hydrogens (tertiary/aromatic N) is 2. The lowest BCUT2D eigenvalue weighted by atomic mass is 10.3. The monoisotopic (exact) mass is 234 g/mol. The zero-order valence-electron chi connectivity index (χ0n) is 9.51. The van der Waals surface area contributed by atoms with Crippen molar-refractivity contribution in [2.75, 3.05) is 18.4 Å². The molecule has 2 aliphatic rings. The van der Waals surface area contributed by atoms with Crippen LogP contribution in [0.1, 0.15) is 5.56 Å². The number of piperidine rings is 1. The van der Waals surface area contributed by atoms with Crippen molar-refractivity contribution in [1.82, 2.24) is 10.3 Å².